The van der Waals surface area contributed by atoms with Crippen molar-refractivity contribution in [1.29, 1.82) is 0 Å². The number of amides is 1. The number of nitrogens with zero attached hydrogens (tertiary/aromatic N) is 1. The van der Waals surface area contributed by atoms with Gasteiger partial charge in [-0.25, -0.2) is 0 Å². The van der Waals surface area contributed by atoms with Gasteiger partial charge in [0, 0.05) is 0 Å². The van der Waals surface area contributed by atoms with E-state index in [-0.39, 0.29) is 22.3 Å². The van der Waals surface area contributed by atoms with Gasteiger partial charge in [-0.2, -0.15) is 0 Å². The third-order valence-corrected chi connectivity index (χ3v) is 23.2. The van der Waals surface area contributed by atoms with Gasteiger partial charge in [-0.05, 0) is 0 Å². The molecule has 0 saturated carbocycles. The Morgan fingerprint density at radius 3 is 1.79 bits per heavy atom. The molecule has 0 aliphatic rings. The monoisotopic (exact) mass is 575 g/mol. The molecule has 0 aliphatic carbocycles. The van der Waals surface area contributed by atoms with Crippen LogP contribution in [0.1, 0.15) is 96.7 Å². The van der Waals surface area contributed by atoms with Crippen LogP contribution in [-0.4, -0.2) is 41.5 Å². The fourth-order valence-corrected chi connectivity index (χ4v) is 22.6. The van der Waals surface area contributed by atoms with Crippen molar-refractivity contribution in [2.75, 3.05) is 0 Å². The van der Waals surface area contributed by atoms with Crippen molar-refractivity contribution in [2.45, 2.75) is 117 Å². The van der Waals surface area contributed by atoms with Gasteiger partial charge in [-0.1, -0.05) is 0 Å². The molecule has 0 heterocycles. The van der Waals surface area contributed by atoms with Gasteiger partial charge in [0.15, 0.2) is 0 Å². The molecule has 190 valence electrons. The van der Waals surface area contributed by atoms with Crippen molar-refractivity contribution in [3.63, 3.8) is 0 Å². The second kappa shape index (κ2) is 14.4. The third-order valence-electron chi connectivity index (χ3n) is 7.29. The Balaban J connectivity index is 2.69. The molecule has 0 aliphatic heterocycles. The summed E-state index contributed by atoms with van der Waals surface area (Å²) in [6, 6.07) is 15.5. The number of rotatable bonds is 14. The summed E-state index contributed by atoms with van der Waals surface area (Å²) in [4.78, 5) is 15.7. The summed E-state index contributed by atoms with van der Waals surface area (Å²) in [7, 11) is 0. The molecule has 0 unspecified atom stereocenters. The van der Waals surface area contributed by atoms with Gasteiger partial charge in [0.2, 0.25) is 0 Å². The Morgan fingerprint density at radius 2 is 1.29 bits per heavy atom. The summed E-state index contributed by atoms with van der Waals surface area (Å²) in [6.45, 7) is 15.3. The first-order chi connectivity index (χ1) is 16.3. The van der Waals surface area contributed by atoms with Crippen molar-refractivity contribution in [3.05, 3.63) is 48.0 Å². The summed E-state index contributed by atoms with van der Waals surface area (Å²) in [5, 5.41) is 2.50. The average Bonchev–Trinajstić information content (AvgIpc) is 2.82. The van der Waals surface area contributed by atoms with Crippen molar-refractivity contribution in [2.24, 2.45) is 0 Å². The number of fused-ring (bicyclic) bond motifs is 1. The molecule has 1 atom stereocenters. The van der Waals surface area contributed by atoms with Gasteiger partial charge in [0.05, 0.1) is 0 Å². The number of hydrogen-bond donors (Lipinski definition) is 0. The van der Waals surface area contributed by atoms with E-state index in [1.807, 2.05) is 4.90 Å². The number of carbonyl (C=O) groups is 1. The molecule has 0 radical (unpaired) electrons. The standard InChI is InChI=1S/C18H22NO2.3C4H9.Sn/c1-13(2)19(14(3)4)18(20)21-12-16-10-7-9-15-8-5-6-11-17(15)16;3*1-3-4-2;/h5-14H,1-4H3;3*1,3-4H2,2H3;. The van der Waals surface area contributed by atoms with Gasteiger partial charge in [-0.15, -0.1) is 0 Å². The van der Waals surface area contributed by atoms with Crippen LogP contribution in [0.25, 0.3) is 10.8 Å². The molecule has 2 aromatic rings. The van der Waals surface area contributed by atoms with E-state index < -0.39 is 18.4 Å². The van der Waals surface area contributed by atoms with Crippen molar-refractivity contribution in [3.8, 4) is 0 Å². The van der Waals surface area contributed by atoms with E-state index in [1.165, 1.54) is 68.2 Å². The molecule has 0 aromatic heterocycles. The summed E-state index contributed by atoms with van der Waals surface area (Å²) < 4.78 is 10.6. The Morgan fingerprint density at radius 1 is 0.794 bits per heavy atom. The van der Waals surface area contributed by atoms with Crippen LogP contribution in [0.5, 0.6) is 0 Å². The van der Waals surface area contributed by atoms with E-state index in [0.717, 1.165) is 0 Å². The van der Waals surface area contributed by atoms with Crippen LogP contribution >= 0.6 is 0 Å². The molecule has 0 bridgehead atoms. The summed E-state index contributed by atoms with van der Waals surface area (Å²) in [5.74, 6) is 0. The van der Waals surface area contributed by atoms with Gasteiger partial charge in [0.1, 0.15) is 0 Å². The van der Waals surface area contributed by atoms with Crippen molar-refractivity contribution < 1.29 is 9.53 Å². The fraction of sp³-hybridized carbons (Fsp3) is 0.633. The second-order valence-electron chi connectivity index (χ2n) is 10.6. The van der Waals surface area contributed by atoms with Crippen LogP contribution in [0.2, 0.25) is 13.3 Å². The van der Waals surface area contributed by atoms with Gasteiger partial charge in [-0.3, -0.25) is 0 Å². The summed E-state index contributed by atoms with van der Waals surface area (Å²) >= 11 is -2.99. The van der Waals surface area contributed by atoms with E-state index in [9.17, 15) is 4.79 Å². The van der Waals surface area contributed by atoms with Gasteiger partial charge in [0.25, 0.3) is 0 Å². The second-order valence-corrected chi connectivity index (χ2v) is 24.2. The first-order valence-electron chi connectivity index (χ1n) is 13.8. The molecule has 1 amide bonds. The third kappa shape index (κ3) is 7.38. The summed E-state index contributed by atoms with van der Waals surface area (Å²) in [5.41, 5.74) is 1.26. The Kier molecular flexibility index (Phi) is 12.2. The number of benzene rings is 2. The maximum atomic E-state index is 13.8. The van der Waals surface area contributed by atoms with Gasteiger partial charge < -0.3 is 0 Å². The number of ether oxygens (including phenoxy) is 1. The Bertz CT molecular complexity index is 844. The van der Waals surface area contributed by atoms with Crippen LogP contribution in [-0.2, 0) is 4.74 Å². The van der Waals surface area contributed by atoms with E-state index in [2.05, 4.69) is 90.9 Å². The molecule has 2 aromatic carbocycles. The van der Waals surface area contributed by atoms with Crippen LogP contribution in [0.4, 0.5) is 4.79 Å². The van der Waals surface area contributed by atoms with Crippen LogP contribution < -0.4 is 0 Å². The Hall–Kier alpha value is -1.23. The number of hydrogen-bond acceptors (Lipinski definition) is 2. The van der Waals surface area contributed by atoms with E-state index in [0.29, 0.717) is 0 Å². The molecule has 2 rings (SSSR count). The van der Waals surface area contributed by atoms with Crippen LogP contribution in [0, 0.1) is 0 Å². The normalized spacial score (nSPS) is 13.0. The maximum absolute atomic E-state index is 13.8. The topological polar surface area (TPSA) is 29.5 Å². The van der Waals surface area contributed by atoms with Gasteiger partial charge >= 0.3 is 214 Å². The molecule has 3 nitrogen and oxygen atoms in total. The quantitative estimate of drug-likeness (QED) is 0.210. The molecular formula is C30H49NO2Sn. The molecule has 0 spiro atoms. The molecule has 0 saturated heterocycles. The zero-order valence-electron chi connectivity index (χ0n) is 22.9. The average molecular weight is 574 g/mol. The molecule has 34 heavy (non-hydrogen) atoms. The number of carbonyl (C=O) groups excluding carboxylic acids is 1. The first kappa shape index (κ1) is 29.0. The minimum absolute atomic E-state index is 0.0439. The predicted molar refractivity (Wildman–Crippen MR) is 150 cm³/mol. The van der Waals surface area contributed by atoms with Crippen LogP contribution in [0.3, 0.4) is 0 Å². The fourth-order valence-electron chi connectivity index (χ4n) is 5.53. The predicted octanol–water partition coefficient (Wildman–Crippen LogP) is 9.52. The van der Waals surface area contributed by atoms with E-state index >= 15 is 0 Å². The minimum atomic E-state index is -2.99. The van der Waals surface area contributed by atoms with Crippen LogP contribution in [0.15, 0.2) is 42.5 Å². The summed E-state index contributed by atoms with van der Waals surface area (Å²) in [6.07, 6.45) is 7.24. The molecule has 0 fully saturated rings. The molecule has 4 heteroatoms. The Labute approximate surface area is 213 Å². The first-order valence-corrected chi connectivity index (χ1v) is 21.5. The van der Waals surface area contributed by atoms with Crippen molar-refractivity contribution in [1.82, 2.24) is 4.90 Å². The molecule has 0 N–H and O–H groups in total. The van der Waals surface area contributed by atoms with Crippen molar-refractivity contribution >= 4 is 35.2 Å². The van der Waals surface area contributed by atoms with E-state index in [4.69, 9.17) is 4.74 Å². The zero-order chi connectivity index (χ0) is 25.1. The number of unbranched alkanes of at least 4 members (excludes halogenated alkanes) is 3. The van der Waals surface area contributed by atoms with E-state index in [1.54, 1.807) is 0 Å². The molecular weight excluding hydrogens is 525 g/mol. The SMILES string of the molecule is CCC[CH2][Sn]([CH2]CCC)([CH2]CCC)[C@H](OC(=O)N(C(C)C)C(C)C)c1cccc2ccccc12. The zero-order valence-corrected chi connectivity index (χ0v) is 25.8.